The number of hydrogen-bond acceptors (Lipinski definition) is 5. The summed E-state index contributed by atoms with van der Waals surface area (Å²) in [5.41, 5.74) is 0. The van der Waals surface area contributed by atoms with Crippen LogP contribution >= 0.6 is 0 Å². The number of nitrogens with one attached hydrogen (secondary N) is 1. The van der Waals surface area contributed by atoms with Gasteiger partial charge in [0.15, 0.2) is 0 Å². The number of nitrogens with zero attached hydrogens (tertiary/aromatic N) is 3. The molecule has 1 heterocycles. The molecular weight excluding hydrogens is 284 g/mol. The van der Waals surface area contributed by atoms with Crippen molar-refractivity contribution in [1.29, 1.82) is 0 Å². The second-order valence-corrected chi connectivity index (χ2v) is 5.86. The first kappa shape index (κ1) is 18.9. The van der Waals surface area contributed by atoms with Crippen LogP contribution in [-0.2, 0) is 14.3 Å². The Morgan fingerprint density at radius 3 is 2.41 bits per heavy atom. The highest BCUT2D eigenvalue weighted by Gasteiger charge is 2.12. The topological polar surface area (TPSA) is 65.1 Å². The second kappa shape index (κ2) is 10.5. The van der Waals surface area contributed by atoms with Crippen LogP contribution in [0.1, 0.15) is 13.3 Å². The number of rotatable bonds is 9. The van der Waals surface area contributed by atoms with Gasteiger partial charge in [0.2, 0.25) is 11.8 Å². The predicted octanol–water partition coefficient (Wildman–Crippen LogP) is -0.765. The Bertz CT molecular complexity index is 344. The maximum Gasteiger partial charge on any atom is 0.221 e. The normalized spacial score (nSPS) is 15.8. The van der Waals surface area contributed by atoms with Gasteiger partial charge in [-0.25, -0.2) is 0 Å². The van der Waals surface area contributed by atoms with Gasteiger partial charge in [-0.3, -0.25) is 14.5 Å². The molecule has 1 saturated heterocycles. The number of amides is 2. The first-order valence-electron chi connectivity index (χ1n) is 7.96. The summed E-state index contributed by atoms with van der Waals surface area (Å²) in [5, 5.41) is 2.92. The summed E-state index contributed by atoms with van der Waals surface area (Å²) in [6.07, 6.45) is 0.357. The molecule has 1 rings (SSSR count). The van der Waals surface area contributed by atoms with Gasteiger partial charge in [-0.15, -0.1) is 0 Å². The van der Waals surface area contributed by atoms with Crippen LogP contribution in [-0.4, -0.2) is 99.6 Å². The fourth-order valence-corrected chi connectivity index (χ4v) is 2.25. The SMILES string of the molecule is CC(=O)N(CCC(=O)NCCN1CCOCC1)CCN(C)C. The zero-order chi connectivity index (χ0) is 16.4. The fourth-order valence-electron chi connectivity index (χ4n) is 2.25. The van der Waals surface area contributed by atoms with E-state index in [2.05, 4.69) is 10.2 Å². The lowest BCUT2D eigenvalue weighted by Gasteiger charge is -2.26. The summed E-state index contributed by atoms with van der Waals surface area (Å²) in [7, 11) is 3.94. The number of likely N-dealkylation sites (N-methyl/N-ethyl adjacent to an activating group) is 1. The van der Waals surface area contributed by atoms with E-state index in [1.165, 1.54) is 0 Å². The van der Waals surface area contributed by atoms with E-state index in [0.29, 0.717) is 26.1 Å². The van der Waals surface area contributed by atoms with Crippen molar-refractivity contribution >= 4 is 11.8 Å². The highest BCUT2D eigenvalue weighted by molar-refractivity contribution is 5.77. The molecule has 0 saturated carbocycles. The minimum absolute atomic E-state index is 0.00404. The summed E-state index contributed by atoms with van der Waals surface area (Å²) in [5.74, 6) is 0.0207. The standard InChI is InChI=1S/C15H30N4O3/c1-14(20)19(9-8-17(2)3)6-4-15(21)16-5-7-18-10-12-22-13-11-18/h4-13H2,1-3H3,(H,16,21). The molecule has 1 aliphatic heterocycles. The number of carbonyl (C=O) groups excluding carboxylic acids is 2. The van der Waals surface area contributed by atoms with Gasteiger partial charge in [0.05, 0.1) is 13.2 Å². The molecule has 22 heavy (non-hydrogen) atoms. The minimum atomic E-state index is 0.00404. The maximum atomic E-state index is 11.8. The average molecular weight is 314 g/mol. The van der Waals surface area contributed by atoms with E-state index in [1.54, 1.807) is 11.8 Å². The Labute approximate surface area is 133 Å². The molecule has 0 bridgehead atoms. The van der Waals surface area contributed by atoms with Crippen LogP contribution in [0.2, 0.25) is 0 Å². The van der Waals surface area contributed by atoms with Gasteiger partial charge in [-0.1, -0.05) is 0 Å². The fraction of sp³-hybridized carbons (Fsp3) is 0.867. The van der Waals surface area contributed by atoms with E-state index in [-0.39, 0.29) is 11.8 Å². The van der Waals surface area contributed by atoms with Crippen LogP contribution in [0.5, 0.6) is 0 Å². The lowest BCUT2D eigenvalue weighted by molar-refractivity contribution is -0.129. The van der Waals surface area contributed by atoms with Gasteiger partial charge >= 0.3 is 0 Å². The van der Waals surface area contributed by atoms with E-state index in [1.807, 2.05) is 19.0 Å². The second-order valence-electron chi connectivity index (χ2n) is 5.86. The first-order valence-corrected chi connectivity index (χ1v) is 7.96. The molecule has 1 N–H and O–H groups in total. The largest absolute Gasteiger partial charge is 0.379 e. The molecule has 0 atom stereocenters. The van der Waals surface area contributed by atoms with E-state index in [0.717, 1.165) is 39.4 Å². The van der Waals surface area contributed by atoms with Crippen LogP contribution in [0, 0.1) is 0 Å². The van der Waals surface area contributed by atoms with Gasteiger partial charge in [-0.2, -0.15) is 0 Å². The molecule has 0 radical (unpaired) electrons. The molecule has 0 aromatic carbocycles. The Morgan fingerprint density at radius 1 is 1.14 bits per heavy atom. The lowest BCUT2D eigenvalue weighted by Crippen LogP contribution is -2.42. The van der Waals surface area contributed by atoms with Crippen molar-refractivity contribution in [3.63, 3.8) is 0 Å². The Hall–Kier alpha value is -1.18. The van der Waals surface area contributed by atoms with Gasteiger partial charge < -0.3 is 19.9 Å². The van der Waals surface area contributed by atoms with Crippen LogP contribution in [0.4, 0.5) is 0 Å². The number of morpholine rings is 1. The number of hydrogen-bond donors (Lipinski definition) is 1. The lowest BCUT2D eigenvalue weighted by atomic mass is 10.3. The maximum absolute atomic E-state index is 11.8. The van der Waals surface area contributed by atoms with Gasteiger partial charge in [0.25, 0.3) is 0 Å². The first-order chi connectivity index (χ1) is 10.5. The van der Waals surface area contributed by atoms with Gasteiger partial charge in [0.1, 0.15) is 0 Å². The summed E-state index contributed by atoms with van der Waals surface area (Å²) < 4.78 is 5.28. The number of carbonyl (C=O) groups is 2. The third-order valence-corrected chi connectivity index (χ3v) is 3.73. The molecule has 7 heteroatoms. The van der Waals surface area contributed by atoms with E-state index in [9.17, 15) is 9.59 Å². The van der Waals surface area contributed by atoms with Crippen molar-refractivity contribution in [3.8, 4) is 0 Å². The summed E-state index contributed by atoms with van der Waals surface area (Å²) in [6.45, 7) is 8.39. The molecule has 7 nitrogen and oxygen atoms in total. The van der Waals surface area contributed by atoms with Crippen molar-refractivity contribution in [3.05, 3.63) is 0 Å². The van der Waals surface area contributed by atoms with Gasteiger partial charge in [0, 0.05) is 59.2 Å². The van der Waals surface area contributed by atoms with Crippen molar-refractivity contribution < 1.29 is 14.3 Å². The van der Waals surface area contributed by atoms with Crippen LogP contribution in [0.3, 0.4) is 0 Å². The molecular formula is C15H30N4O3. The van der Waals surface area contributed by atoms with Crippen molar-refractivity contribution in [2.24, 2.45) is 0 Å². The molecule has 128 valence electrons. The zero-order valence-electron chi connectivity index (χ0n) is 14.1. The third-order valence-electron chi connectivity index (χ3n) is 3.73. The predicted molar refractivity (Wildman–Crippen MR) is 85.7 cm³/mol. The molecule has 2 amide bonds. The summed E-state index contributed by atoms with van der Waals surface area (Å²) >= 11 is 0. The third kappa shape index (κ3) is 8.31. The number of ether oxygens (including phenoxy) is 1. The van der Waals surface area contributed by atoms with E-state index >= 15 is 0 Å². The molecule has 1 aliphatic rings. The monoisotopic (exact) mass is 314 g/mol. The molecule has 0 spiro atoms. The molecule has 0 aromatic rings. The van der Waals surface area contributed by atoms with Crippen LogP contribution in [0.25, 0.3) is 0 Å². The minimum Gasteiger partial charge on any atom is -0.379 e. The van der Waals surface area contributed by atoms with E-state index < -0.39 is 0 Å². The Morgan fingerprint density at radius 2 is 1.82 bits per heavy atom. The Balaban J connectivity index is 2.15. The van der Waals surface area contributed by atoms with E-state index in [4.69, 9.17) is 4.74 Å². The summed E-state index contributed by atoms with van der Waals surface area (Å²) in [4.78, 5) is 29.4. The van der Waals surface area contributed by atoms with Crippen LogP contribution in [0.15, 0.2) is 0 Å². The smallest absolute Gasteiger partial charge is 0.221 e. The zero-order valence-corrected chi connectivity index (χ0v) is 14.1. The highest BCUT2D eigenvalue weighted by atomic mass is 16.5. The summed E-state index contributed by atoms with van der Waals surface area (Å²) in [6, 6.07) is 0. The highest BCUT2D eigenvalue weighted by Crippen LogP contribution is 1.96. The molecule has 0 aliphatic carbocycles. The average Bonchev–Trinajstić information content (AvgIpc) is 2.47. The Kier molecular flexibility index (Phi) is 9.03. The van der Waals surface area contributed by atoms with Crippen molar-refractivity contribution in [2.45, 2.75) is 13.3 Å². The quantitative estimate of drug-likeness (QED) is 0.606. The van der Waals surface area contributed by atoms with Crippen molar-refractivity contribution in [1.82, 2.24) is 20.0 Å². The van der Waals surface area contributed by atoms with Crippen molar-refractivity contribution in [2.75, 3.05) is 73.1 Å². The molecule has 0 aromatic heterocycles. The van der Waals surface area contributed by atoms with Crippen LogP contribution < -0.4 is 5.32 Å². The molecule has 0 unspecified atom stereocenters. The van der Waals surface area contributed by atoms with Gasteiger partial charge in [-0.05, 0) is 14.1 Å². The molecule has 1 fully saturated rings.